The highest BCUT2D eigenvalue weighted by Gasteiger charge is 2.75. The van der Waals surface area contributed by atoms with Gasteiger partial charge < -0.3 is 5.11 Å². The van der Waals surface area contributed by atoms with Crippen LogP contribution < -0.4 is 0 Å². The Hall–Kier alpha value is -3.42. The summed E-state index contributed by atoms with van der Waals surface area (Å²) in [6.07, 6.45) is 0.888. The minimum Gasteiger partial charge on any atom is -0.383 e. The second-order valence-electron chi connectivity index (χ2n) is 10.3. The minimum absolute atomic E-state index is 0.187. The monoisotopic (exact) mass is 442 g/mol. The van der Waals surface area contributed by atoms with Crippen molar-refractivity contribution in [3.63, 3.8) is 0 Å². The minimum atomic E-state index is -1.06. The van der Waals surface area contributed by atoms with E-state index in [4.69, 9.17) is 0 Å². The van der Waals surface area contributed by atoms with E-state index in [0.29, 0.717) is 0 Å². The lowest BCUT2D eigenvalue weighted by molar-refractivity contribution is -0.0774. The van der Waals surface area contributed by atoms with Crippen molar-refractivity contribution in [3.05, 3.63) is 144 Å². The zero-order valence-corrected chi connectivity index (χ0v) is 19.8. The molecular weight excluding hydrogens is 412 g/mol. The van der Waals surface area contributed by atoms with Crippen LogP contribution in [0.1, 0.15) is 48.4 Å². The average molecular weight is 443 g/mol. The van der Waals surface area contributed by atoms with Crippen LogP contribution in [-0.2, 0) is 5.60 Å². The molecule has 2 bridgehead atoms. The molecule has 0 aliphatic heterocycles. The van der Waals surface area contributed by atoms with Crippen molar-refractivity contribution in [1.29, 1.82) is 0 Å². The van der Waals surface area contributed by atoms with Crippen LogP contribution in [0.4, 0.5) is 0 Å². The van der Waals surface area contributed by atoms with Gasteiger partial charge in [-0.05, 0) is 45.7 Å². The average Bonchev–Trinajstić information content (AvgIpc) is 3.18. The summed E-state index contributed by atoms with van der Waals surface area (Å²) < 4.78 is 0. The molecule has 1 saturated carbocycles. The highest BCUT2D eigenvalue weighted by Crippen LogP contribution is 2.81. The third-order valence-electron chi connectivity index (χ3n) is 8.70. The highest BCUT2D eigenvalue weighted by atomic mass is 16.3. The summed E-state index contributed by atoms with van der Waals surface area (Å²) >= 11 is 0. The fourth-order valence-electron chi connectivity index (χ4n) is 7.31. The molecule has 4 aromatic rings. The van der Waals surface area contributed by atoms with Gasteiger partial charge in [-0.25, -0.2) is 0 Å². The van der Waals surface area contributed by atoms with Gasteiger partial charge in [-0.1, -0.05) is 135 Å². The lowest BCUT2D eigenvalue weighted by Crippen LogP contribution is -2.46. The molecule has 4 atom stereocenters. The third-order valence-corrected chi connectivity index (χ3v) is 8.70. The fourth-order valence-corrected chi connectivity index (χ4v) is 7.31. The van der Waals surface area contributed by atoms with E-state index < -0.39 is 16.4 Å². The van der Waals surface area contributed by atoms with Crippen molar-refractivity contribution in [1.82, 2.24) is 0 Å². The Morgan fingerprint density at radius 2 is 1.03 bits per heavy atom. The first kappa shape index (κ1) is 21.1. The molecule has 1 nitrogen and oxygen atoms in total. The van der Waals surface area contributed by atoms with Crippen molar-refractivity contribution in [2.45, 2.75) is 31.8 Å². The largest absolute Gasteiger partial charge is 0.383 e. The first-order chi connectivity index (χ1) is 16.5. The summed E-state index contributed by atoms with van der Waals surface area (Å²) in [4.78, 5) is 0. The maximum absolute atomic E-state index is 13.1. The van der Waals surface area contributed by atoms with Gasteiger partial charge >= 0.3 is 0 Å². The molecule has 0 unspecified atom stereocenters. The predicted molar refractivity (Wildman–Crippen MR) is 140 cm³/mol. The van der Waals surface area contributed by atoms with Crippen LogP contribution in [0.25, 0.3) is 11.1 Å². The normalized spacial score (nSPS) is 30.0. The Labute approximate surface area is 202 Å². The van der Waals surface area contributed by atoms with Crippen LogP contribution in [0, 0.1) is 10.8 Å². The molecule has 6 rings (SSSR count). The Morgan fingerprint density at radius 1 is 0.588 bits per heavy atom. The van der Waals surface area contributed by atoms with Crippen molar-refractivity contribution < 1.29 is 5.11 Å². The van der Waals surface area contributed by atoms with E-state index in [2.05, 4.69) is 129 Å². The number of aliphatic hydroxyl groups is 1. The van der Waals surface area contributed by atoms with Crippen molar-refractivity contribution >= 4 is 11.1 Å². The second kappa shape index (κ2) is 7.55. The molecule has 34 heavy (non-hydrogen) atoms. The summed E-state index contributed by atoms with van der Waals surface area (Å²) in [5.41, 5.74) is 5.21. The van der Waals surface area contributed by atoms with E-state index in [1.165, 1.54) is 27.8 Å². The molecule has 1 N–H and O–H groups in total. The Morgan fingerprint density at radius 3 is 1.56 bits per heavy atom. The van der Waals surface area contributed by atoms with Crippen LogP contribution in [0.5, 0.6) is 0 Å². The van der Waals surface area contributed by atoms with Gasteiger partial charge in [-0.3, -0.25) is 0 Å². The molecule has 0 heterocycles. The summed E-state index contributed by atoms with van der Waals surface area (Å²) in [5, 5.41) is 13.1. The van der Waals surface area contributed by atoms with Crippen LogP contribution in [0.15, 0.2) is 121 Å². The standard InChI is InChI=1S/C33H30O/c1-31-23-28(24-15-7-3-8-16-24)32(2,33(31,34)27-21-13-6-14-22-27)30(26-19-11-5-12-20-26)29(31)25-17-9-4-10-18-25/h3-22,28,34H,23H2,1-2H3/t28-,31+,32+,33-/m0/s1. The van der Waals surface area contributed by atoms with Crippen LogP contribution >= 0.6 is 0 Å². The summed E-state index contributed by atoms with van der Waals surface area (Å²) in [7, 11) is 0. The van der Waals surface area contributed by atoms with Crippen molar-refractivity contribution in [2.24, 2.45) is 10.8 Å². The molecule has 4 aromatic carbocycles. The van der Waals surface area contributed by atoms with E-state index in [1.807, 2.05) is 6.07 Å². The molecule has 1 heteroatoms. The molecule has 0 radical (unpaired) electrons. The topological polar surface area (TPSA) is 20.2 Å². The van der Waals surface area contributed by atoms with Gasteiger partial charge in [-0.15, -0.1) is 0 Å². The van der Waals surface area contributed by atoms with Gasteiger partial charge in [0.05, 0.1) is 0 Å². The zero-order valence-electron chi connectivity index (χ0n) is 19.8. The van der Waals surface area contributed by atoms with Gasteiger partial charge in [0.1, 0.15) is 5.60 Å². The van der Waals surface area contributed by atoms with E-state index in [0.717, 1.165) is 12.0 Å². The molecule has 1 fully saturated rings. The van der Waals surface area contributed by atoms with Crippen LogP contribution in [-0.4, -0.2) is 5.11 Å². The first-order valence-corrected chi connectivity index (χ1v) is 12.2. The lowest BCUT2D eigenvalue weighted by atomic mass is 9.62. The van der Waals surface area contributed by atoms with E-state index in [1.54, 1.807) is 0 Å². The highest BCUT2D eigenvalue weighted by molar-refractivity contribution is 6.02. The van der Waals surface area contributed by atoms with Gasteiger partial charge in [0.2, 0.25) is 0 Å². The van der Waals surface area contributed by atoms with Gasteiger partial charge in [0, 0.05) is 10.8 Å². The Balaban J connectivity index is 1.73. The number of hydrogen-bond donors (Lipinski definition) is 1. The molecule has 168 valence electrons. The summed E-state index contributed by atoms with van der Waals surface area (Å²) in [6.45, 7) is 4.60. The number of rotatable bonds is 4. The lowest BCUT2D eigenvalue weighted by Gasteiger charge is -2.45. The fraction of sp³-hybridized carbons (Fsp3) is 0.212. The number of hydrogen-bond acceptors (Lipinski definition) is 1. The van der Waals surface area contributed by atoms with E-state index in [-0.39, 0.29) is 5.92 Å². The maximum atomic E-state index is 13.1. The second-order valence-corrected chi connectivity index (χ2v) is 10.3. The Bertz CT molecular complexity index is 1340. The van der Waals surface area contributed by atoms with Crippen LogP contribution in [0.2, 0.25) is 0 Å². The van der Waals surface area contributed by atoms with E-state index in [9.17, 15) is 5.11 Å². The molecule has 0 spiro atoms. The van der Waals surface area contributed by atoms with Gasteiger partial charge in [0.15, 0.2) is 0 Å². The third kappa shape index (κ3) is 2.59. The smallest absolute Gasteiger partial charge is 0.109 e. The Kier molecular flexibility index (Phi) is 4.69. The quantitative estimate of drug-likeness (QED) is 0.343. The van der Waals surface area contributed by atoms with Gasteiger partial charge in [-0.2, -0.15) is 0 Å². The molecule has 0 saturated heterocycles. The zero-order chi connectivity index (χ0) is 23.4. The predicted octanol–water partition coefficient (Wildman–Crippen LogP) is 7.70. The number of benzene rings is 4. The van der Waals surface area contributed by atoms with Crippen molar-refractivity contribution in [3.8, 4) is 0 Å². The van der Waals surface area contributed by atoms with E-state index >= 15 is 0 Å². The first-order valence-electron chi connectivity index (χ1n) is 12.2. The molecular formula is C33H30O. The summed E-state index contributed by atoms with van der Waals surface area (Å²) in [6, 6.07) is 42.6. The number of fused-ring (bicyclic) bond motifs is 2. The molecule has 0 aromatic heterocycles. The van der Waals surface area contributed by atoms with Gasteiger partial charge in [0.25, 0.3) is 0 Å². The maximum Gasteiger partial charge on any atom is 0.109 e. The van der Waals surface area contributed by atoms with Crippen molar-refractivity contribution in [2.75, 3.05) is 0 Å². The molecule has 2 aliphatic carbocycles. The van der Waals surface area contributed by atoms with Crippen LogP contribution in [0.3, 0.4) is 0 Å². The molecule has 0 amide bonds. The SMILES string of the molecule is C[C@]12C(c3ccccc3)=C(c3ccccc3)[C@@](C)(C[C@H]1c1ccccc1)[C@@]2(O)c1ccccc1. The molecule has 2 aliphatic rings. The summed E-state index contributed by atoms with van der Waals surface area (Å²) in [5.74, 6) is 0.187.